The summed E-state index contributed by atoms with van der Waals surface area (Å²) in [6.45, 7) is 1.16. The first-order chi connectivity index (χ1) is 17.4. The largest absolute Gasteiger partial charge is 0.487 e. The number of hydrogen-bond acceptors (Lipinski definition) is 8. The van der Waals surface area contributed by atoms with Crippen LogP contribution < -0.4 is 9.64 Å². The predicted octanol–water partition coefficient (Wildman–Crippen LogP) is 3.70. The molecule has 1 unspecified atom stereocenters. The fourth-order valence-corrected chi connectivity index (χ4v) is 4.23. The van der Waals surface area contributed by atoms with Gasteiger partial charge in [0.2, 0.25) is 0 Å². The first-order valence-corrected chi connectivity index (χ1v) is 11.5. The molecule has 0 radical (unpaired) electrons. The molecule has 1 aromatic carbocycles. The van der Waals surface area contributed by atoms with Gasteiger partial charge < -0.3 is 14.7 Å². The van der Waals surface area contributed by atoms with E-state index >= 15 is 0 Å². The van der Waals surface area contributed by atoms with Gasteiger partial charge in [-0.05, 0) is 18.2 Å². The molecule has 1 N–H and O–H groups in total. The van der Waals surface area contributed by atoms with Crippen molar-refractivity contribution >= 4 is 16.9 Å². The number of anilines is 1. The second kappa shape index (κ2) is 9.83. The normalized spacial score (nSPS) is 15.1. The Labute approximate surface area is 205 Å². The van der Waals surface area contributed by atoms with Crippen LogP contribution in [0.15, 0.2) is 42.9 Å². The van der Waals surface area contributed by atoms with E-state index in [1.165, 1.54) is 12.1 Å². The van der Waals surface area contributed by atoms with Crippen LogP contribution in [0.4, 0.5) is 14.6 Å². The number of aryl methyl sites for hydroxylation is 1. The fourth-order valence-electron chi connectivity index (χ4n) is 4.23. The first-order valence-electron chi connectivity index (χ1n) is 11.5. The third kappa shape index (κ3) is 4.81. The highest BCUT2D eigenvalue weighted by Gasteiger charge is 2.26. The highest BCUT2D eigenvalue weighted by Crippen LogP contribution is 2.32. The molecule has 0 spiro atoms. The molecule has 3 aromatic heterocycles. The molecule has 1 fully saturated rings. The average molecular weight is 492 g/mol. The van der Waals surface area contributed by atoms with Crippen molar-refractivity contribution in [1.29, 1.82) is 5.26 Å². The molecule has 0 saturated carbocycles. The van der Waals surface area contributed by atoms with Gasteiger partial charge in [-0.2, -0.15) is 10.4 Å². The van der Waals surface area contributed by atoms with Gasteiger partial charge >= 0.3 is 0 Å². The number of benzene rings is 1. The van der Waals surface area contributed by atoms with E-state index in [9.17, 15) is 13.9 Å². The zero-order chi connectivity index (χ0) is 25.2. The lowest BCUT2D eigenvalue weighted by molar-refractivity contribution is 0.163. The zero-order valence-corrected chi connectivity index (χ0v) is 19.5. The van der Waals surface area contributed by atoms with Crippen LogP contribution in [0, 0.1) is 23.0 Å². The van der Waals surface area contributed by atoms with Crippen molar-refractivity contribution in [3.8, 4) is 23.1 Å². The average Bonchev–Trinajstić information content (AvgIpc) is 3.31. The number of hydrogen-bond donors (Lipinski definition) is 1. The van der Waals surface area contributed by atoms with Gasteiger partial charge in [0, 0.05) is 50.8 Å². The van der Waals surface area contributed by atoms with Crippen molar-refractivity contribution in [1.82, 2.24) is 24.7 Å². The molecule has 4 heterocycles. The maximum atomic E-state index is 14.0. The third-order valence-electron chi connectivity index (χ3n) is 6.09. The number of aliphatic hydroxyl groups excluding tert-OH is 1. The van der Waals surface area contributed by atoms with Gasteiger partial charge in [-0.15, -0.1) is 0 Å². The second-order valence-corrected chi connectivity index (χ2v) is 8.65. The highest BCUT2D eigenvalue weighted by atomic mass is 19.1. The Morgan fingerprint density at radius 1 is 1.17 bits per heavy atom. The van der Waals surface area contributed by atoms with E-state index in [2.05, 4.69) is 15.0 Å². The van der Waals surface area contributed by atoms with Crippen molar-refractivity contribution < 1.29 is 18.6 Å². The smallest absolute Gasteiger partial charge is 0.167 e. The molecule has 1 atom stereocenters. The lowest BCUT2D eigenvalue weighted by Crippen LogP contribution is -2.39. The number of halogens is 2. The molecule has 1 saturated heterocycles. The zero-order valence-electron chi connectivity index (χ0n) is 19.5. The molecule has 0 aliphatic carbocycles. The van der Waals surface area contributed by atoms with Crippen LogP contribution in [0.5, 0.6) is 5.75 Å². The topological polar surface area (TPSA) is 113 Å². The summed E-state index contributed by atoms with van der Waals surface area (Å²) in [6, 6.07) is 6.88. The van der Waals surface area contributed by atoms with Crippen LogP contribution in [-0.4, -0.2) is 49.0 Å². The molecule has 0 amide bonds. The van der Waals surface area contributed by atoms with Gasteiger partial charge in [-0.1, -0.05) is 0 Å². The third-order valence-corrected chi connectivity index (χ3v) is 6.09. The van der Waals surface area contributed by atoms with Crippen LogP contribution in [0.3, 0.4) is 0 Å². The molecule has 11 heteroatoms. The summed E-state index contributed by atoms with van der Waals surface area (Å²) >= 11 is 0. The number of fused-ring (bicyclic) bond motifs is 1. The van der Waals surface area contributed by atoms with Crippen LogP contribution >= 0.6 is 0 Å². The van der Waals surface area contributed by atoms with Gasteiger partial charge in [0.25, 0.3) is 0 Å². The minimum atomic E-state index is -1.01. The highest BCUT2D eigenvalue weighted by molar-refractivity contribution is 5.83. The summed E-state index contributed by atoms with van der Waals surface area (Å²) in [7, 11) is 1.82. The molecule has 36 heavy (non-hydrogen) atoms. The Morgan fingerprint density at radius 3 is 2.67 bits per heavy atom. The standard InChI is InChI=1S/C25H23F2N7O2/c1-33-14-15(12-30-33)24-25(32-19-11-20(22(35)4-7-28)29-13-21(19)31-24)34-8-5-17(6-9-34)36-23-3-2-16(26)10-18(23)27/h2-3,10-14,17,22,35H,4-6,8-9H2,1H3. The first kappa shape index (κ1) is 23.6. The van der Waals surface area contributed by atoms with Gasteiger partial charge in [-0.3, -0.25) is 9.67 Å². The van der Waals surface area contributed by atoms with E-state index in [4.69, 9.17) is 20.0 Å². The molecule has 9 nitrogen and oxygen atoms in total. The second-order valence-electron chi connectivity index (χ2n) is 8.65. The Kier molecular flexibility index (Phi) is 6.43. The molecule has 1 aliphatic rings. The van der Waals surface area contributed by atoms with Gasteiger partial charge in [0.1, 0.15) is 29.2 Å². The van der Waals surface area contributed by atoms with Gasteiger partial charge in [-0.25, -0.2) is 18.7 Å². The minimum Gasteiger partial charge on any atom is -0.487 e. The monoisotopic (exact) mass is 491 g/mol. The quantitative estimate of drug-likeness (QED) is 0.435. The van der Waals surface area contributed by atoms with E-state index in [1.54, 1.807) is 23.1 Å². The summed E-state index contributed by atoms with van der Waals surface area (Å²) in [5.41, 5.74) is 2.89. The lowest BCUT2D eigenvalue weighted by Gasteiger charge is -2.33. The summed E-state index contributed by atoms with van der Waals surface area (Å²) in [5.74, 6) is -0.688. The van der Waals surface area contributed by atoms with Gasteiger partial charge in [0.05, 0.1) is 36.1 Å². The number of nitrogens with zero attached hydrogens (tertiary/aromatic N) is 7. The van der Waals surface area contributed by atoms with Crippen molar-refractivity contribution in [3.05, 3.63) is 60.2 Å². The maximum absolute atomic E-state index is 14.0. The molecule has 1 aliphatic heterocycles. The van der Waals surface area contributed by atoms with Crippen molar-refractivity contribution in [2.45, 2.75) is 31.5 Å². The molecule has 4 aromatic rings. The summed E-state index contributed by atoms with van der Waals surface area (Å²) in [6.07, 6.45) is 5.00. The van der Waals surface area contributed by atoms with Crippen LogP contribution in [-0.2, 0) is 7.05 Å². The Morgan fingerprint density at radius 2 is 1.97 bits per heavy atom. The maximum Gasteiger partial charge on any atom is 0.167 e. The summed E-state index contributed by atoms with van der Waals surface area (Å²) < 4.78 is 34.7. The number of pyridine rings is 1. The van der Waals surface area contributed by atoms with E-state index in [0.29, 0.717) is 54.2 Å². The predicted molar refractivity (Wildman–Crippen MR) is 127 cm³/mol. The van der Waals surface area contributed by atoms with Crippen LogP contribution in [0.2, 0.25) is 0 Å². The van der Waals surface area contributed by atoms with E-state index in [0.717, 1.165) is 11.6 Å². The molecular weight excluding hydrogens is 468 g/mol. The number of rotatable bonds is 6. The Bertz CT molecular complexity index is 1440. The lowest BCUT2D eigenvalue weighted by atomic mass is 10.1. The molecular formula is C25H23F2N7O2. The molecule has 0 bridgehead atoms. The molecule has 184 valence electrons. The Balaban J connectivity index is 1.44. The fraction of sp³-hybridized carbons (Fsp3) is 0.320. The number of ether oxygens (including phenoxy) is 1. The van der Waals surface area contributed by atoms with E-state index in [1.807, 2.05) is 19.3 Å². The van der Waals surface area contributed by atoms with Crippen molar-refractivity contribution in [3.63, 3.8) is 0 Å². The molecule has 5 rings (SSSR count). The van der Waals surface area contributed by atoms with Crippen molar-refractivity contribution in [2.75, 3.05) is 18.0 Å². The van der Waals surface area contributed by atoms with Crippen LogP contribution in [0.25, 0.3) is 22.3 Å². The van der Waals surface area contributed by atoms with Crippen molar-refractivity contribution in [2.24, 2.45) is 7.05 Å². The minimum absolute atomic E-state index is 0.0346. The summed E-state index contributed by atoms with van der Waals surface area (Å²) in [5, 5.41) is 23.4. The van der Waals surface area contributed by atoms with Gasteiger partial charge in [0.15, 0.2) is 17.4 Å². The Hall–Kier alpha value is -4.17. The number of aliphatic hydroxyl groups is 1. The SMILES string of the molecule is Cn1cc(-c2nc3cnc(C(O)CC#N)cc3nc2N2CCC(Oc3ccc(F)cc3F)CC2)cn1. The summed E-state index contributed by atoms with van der Waals surface area (Å²) in [4.78, 5) is 16.0. The van der Waals surface area contributed by atoms with Crippen LogP contribution in [0.1, 0.15) is 31.1 Å². The van der Waals surface area contributed by atoms with E-state index < -0.39 is 17.7 Å². The number of aromatic nitrogens is 5. The number of nitriles is 1. The number of piperidine rings is 1. The van der Waals surface area contributed by atoms with E-state index in [-0.39, 0.29) is 18.3 Å².